The van der Waals surface area contributed by atoms with Gasteiger partial charge in [0.15, 0.2) is 5.69 Å². The standard InChI is InChI=1S/C24H23ClN4O4/c1-15-4-6-16(7-5-15)12-26-23(32)24(2)13-28-14-27-19(22(31)33-3)20(28)21(30)29(24)18-10-8-17(25)9-11-18/h4-11,14H,12-13H2,1-3H3,(H,26,32)/t24-/m0/s1. The van der Waals surface area contributed by atoms with Crippen molar-refractivity contribution in [3.63, 3.8) is 0 Å². The number of aromatic nitrogens is 2. The highest BCUT2D eigenvalue weighted by Gasteiger charge is 2.49. The number of hydrogen-bond donors (Lipinski definition) is 1. The van der Waals surface area contributed by atoms with Crippen LogP contribution in [-0.4, -0.2) is 40.0 Å². The van der Waals surface area contributed by atoms with Crippen LogP contribution in [0.3, 0.4) is 0 Å². The summed E-state index contributed by atoms with van der Waals surface area (Å²) in [5.74, 6) is -1.60. The smallest absolute Gasteiger partial charge is 0.359 e. The first-order valence-corrected chi connectivity index (χ1v) is 10.7. The summed E-state index contributed by atoms with van der Waals surface area (Å²) in [4.78, 5) is 44.8. The Kier molecular flexibility index (Phi) is 5.95. The van der Waals surface area contributed by atoms with E-state index in [2.05, 4.69) is 10.3 Å². The highest BCUT2D eigenvalue weighted by Crippen LogP contribution is 2.34. The molecule has 1 aliphatic heterocycles. The number of hydrogen-bond acceptors (Lipinski definition) is 5. The molecule has 0 unspecified atom stereocenters. The Morgan fingerprint density at radius 1 is 1.15 bits per heavy atom. The van der Waals surface area contributed by atoms with Crippen LogP contribution in [-0.2, 0) is 22.6 Å². The summed E-state index contributed by atoms with van der Waals surface area (Å²) in [6, 6.07) is 14.4. The van der Waals surface area contributed by atoms with Crippen LogP contribution >= 0.6 is 11.6 Å². The Balaban J connectivity index is 1.73. The maximum atomic E-state index is 13.7. The number of benzene rings is 2. The zero-order chi connectivity index (χ0) is 23.8. The molecular formula is C24H23ClN4O4. The highest BCUT2D eigenvalue weighted by molar-refractivity contribution is 6.30. The number of anilines is 1. The van der Waals surface area contributed by atoms with Gasteiger partial charge in [-0.2, -0.15) is 0 Å². The van der Waals surface area contributed by atoms with Gasteiger partial charge in [0.2, 0.25) is 5.91 Å². The number of nitrogens with zero attached hydrogens (tertiary/aromatic N) is 3. The van der Waals surface area contributed by atoms with Crippen LogP contribution in [0.25, 0.3) is 0 Å². The van der Waals surface area contributed by atoms with E-state index in [0.717, 1.165) is 11.1 Å². The average molecular weight is 467 g/mol. The molecule has 2 amide bonds. The first-order chi connectivity index (χ1) is 15.7. The maximum absolute atomic E-state index is 13.7. The molecule has 2 heterocycles. The number of imidazole rings is 1. The number of ether oxygens (including phenoxy) is 1. The van der Waals surface area contributed by atoms with Crippen LogP contribution in [0, 0.1) is 6.92 Å². The molecule has 170 valence electrons. The second-order valence-electron chi connectivity index (χ2n) is 8.12. The summed E-state index contributed by atoms with van der Waals surface area (Å²) in [6.45, 7) is 4.08. The second-order valence-corrected chi connectivity index (χ2v) is 8.56. The van der Waals surface area contributed by atoms with E-state index in [1.807, 2.05) is 31.2 Å². The molecule has 1 N–H and O–H groups in total. The van der Waals surface area contributed by atoms with Crippen molar-refractivity contribution < 1.29 is 19.1 Å². The molecule has 0 aliphatic carbocycles. The molecule has 0 bridgehead atoms. The monoisotopic (exact) mass is 466 g/mol. The predicted molar refractivity (Wildman–Crippen MR) is 123 cm³/mol. The minimum absolute atomic E-state index is 0.0700. The number of carbonyl (C=O) groups is 3. The van der Waals surface area contributed by atoms with Crippen LogP contribution in [0.15, 0.2) is 54.9 Å². The van der Waals surface area contributed by atoms with Gasteiger partial charge in [0, 0.05) is 17.3 Å². The van der Waals surface area contributed by atoms with E-state index >= 15 is 0 Å². The van der Waals surface area contributed by atoms with E-state index in [9.17, 15) is 14.4 Å². The molecule has 9 heteroatoms. The molecule has 0 spiro atoms. The first kappa shape index (κ1) is 22.5. The minimum Gasteiger partial charge on any atom is -0.464 e. The van der Waals surface area contributed by atoms with Gasteiger partial charge >= 0.3 is 5.97 Å². The van der Waals surface area contributed by atoms with Gasteiger partial charge < -0.3 is 14.6 Å². The Labute approximate surface area is 196 Å². The predicted octanol–water partition coefficient (Wildman–Crippen LogP) is 3.37. The lowest BCUT2D eigenvalue weighted by molar-refractivity contribution is -0.126. The fourth-order valence-electron chi connectivity index (χ4n) is 3.95. The van der Waals surface area contributed by atoms with Gasteiger partial charge in [-0.15, -0.1) is 0 Å². The third kappa shape index (κ3) is 4.09. The van der Waals surface area contributed by atoms with Gasteiger partial charge in [-0.1, -0.05) is 41.4 Å². The van der Waals surface area contributed by atoms with E-state index in [4.69, 9.17) is 16.3 Å². The summed E-state index contributed by atoms with van der Waals surface area (Å²) < 4.78 is 6.30. The molecule has 8 nitrogen and oxygen atoms in total. The summed E-state index contributed by atoms with van der Waals surface area (Å²) in [5, 5.41) is 3.44. The largest absolute Gasteiger partial charge is 0.464 e. The highest BCUT2D eigenvalue weighted by atomic mass is 35.5. The summed E-state index contributed by atoms with van der Waals surface area (Å²) >= 11 is 6.04. The van der Waals surface area contributed by atoms with Crippen molar-refractivity contribution in [1.82, 2.24) is 14.9 Å². The lowest BCUT2D eigenvalue weighted by Crippen LogP contribution is -2.64. The minimum atomic E-state index is -1.29. The van der Waals surface area contributed by atoms with E-state index < -0.39 is 17.4 Å². The van der Waals surface area contributed by atoms with Crippen molar-refractivity contribution in [2.75, 3.05) is 12.0 Å². The molecule has 0 radical (unpaired) electrons. The Morgan fingerprint density at radius 3 is 2.45 bits per heavy atom. The van der Waals surface area contributed by atoms with Gasteiger partial charge in [-0.3, -0.25) is 14.5 Å². The van der Waals surface area contributed by atoms with Gasteiger partial charge in [0.05, 0.1) is 20.0 Å². The lowest BCUT2D eigenvalue weighted by Gasteiger charge is -2.43. The number of carbonyl (C=O) groups excluding carboxylic acids is 3. The number of nitrogens with one attached hydrogen (secondary N) is 1. The van der Waals surface area contributed by atoms with Crippen LogP contribution in [0.2, 0.25) is 5.02 Å². The molecule has 0 saturated heterocycles. The number of amides is 2. The third-order valence-corrected chi connectivity index (χ3v) is 5.99. The molecule has 1 aromatic heterocycles. The van der Waals surface area contributed by atoms with E-state index in [1.54, 1.807) is 31.2 Å². The summed E-state index contributed by atoms with van der Waals surface area (Å²) in [5.41, 5.74) is 1.22. The van der Waals surface area contributed by atoms with Crippen molar-refractivity contribution in [3.8, 4) is 0 Å². The number of methoxy groups -OCH3 is 1. The van der Waals surface area contributed by atoms with Gasteiger partial charge in [-0.25, -0.2) is 9.78 Å². The van der Waals surface area contributed by atoms with Crippen molar-refractivity contribution in [1.29, 1.82) is 0 Å². The topological polar surface area (TPSA) is 93.5 Å². The summed E-state index contributed by atoms with van der Waals surface area (Å²) in [7, 11) is 1.22. The number of esters is 1. The average Bonchev–Trinajstić information content (AvgIpc) is 3.23. The molecule has 1 atom stereocenters. The lowest BCUT2D eigenvalue weighted by atomic mass is 9.93. The molecule has 0 saturated carbocycles. The zero-order valence-corrected chi connectivity index (χ0v) is 19.2. The van der Waals surface area contributed by atoms with Gasteiger partial charge in [0.1, 0.15) is 11.2 Å². The Hall–Kier alpha value is -3.65. The molecule has 2 aromatic carbocycles. The van der Waals surface area contributed by atoms with E-state index in [1.165, 1.54) is 22.9 Å². The van der Waals surface area contributed by atoms with E-state index in [-0.39, 0.29) is 23.8 Å². The molecule has 33 heavy (non-hydrogen) atoms. The zero-order valence-electron chi connectivity index (χ0n) is 18.5. The summed E-state index contributed by atoms with van der Waals surface area (Å²) in [6.07, 6.45) is 1.38. The number of aryl methyl sites for hydroxylation is 1. The second kappa shape index (κ2) is 8.71. The van der Waals surface area contributed by atoms with Crippen LogP contribution in [0.1, 0.15) is 39.0 Å². The number of rotatable bonds is 5. The molecule has 4 rings (SSSR count). The van der Waals surface area contributed by atoms with Gasteiger partial charge in [0.25, 0.3) is 5.91 Å². The van der Waals surface area contributed by atoms with E-state index in [0.29, 0.717) is 17.3 Å². The molecular weight excluding hydrogens is 444 g/mol. The Morgan fingerprint density at radius 2 is 1.82 bits per heavy atom. The SMILES string of the molecule is COC(=O)c1ncn2c1C(=O)N(c1ccc(Cl)cc1)[C@](C)(C(=O)NCc1ccc(C)cc1)C2. The first-order valence-electron chi connectivity index (χ1n) is 10.3. The number of halogens is 1. The normalized spacial score (nSPS) is 17.5. The fraction of sp³-hybridized carbons (Fsp3) is 0.250. The van der Waals surface area contributed by atoms with Crippen LogP contribution < -0.4 is 10.2 Å². The van der Waals surface area contributed by atoms with Crippen LogP contribution in [0.4, 0.5) is 5.69 Å². The quantitative estimate of drug-likeness (QED) is 0.582. The van der Waals surface area contributed by atoms with Crippen LogP contribution in [0.5, 0.6) is 0 Å². The molecule has 1 aliphatic rings. The third-order valence-electron chi connectivity index (χ3n) is 5.74. The maximum Gasteiger partial charge on any atom is 0.359 e. The van der Waals surface area contributed by atoms with Gasteiger partial charge in [-0.05, 0) is 43.7 Å². The van der Waals surface area contributed by atoms with Crippen molar-refractivity contribution in [3.05, 3.63) is 82.4 Å². The number of fused-ring (bicyclic) bond motifs is 1. The fourth-order valence-corrected chi connectivity index (χ4v) is 4.08. The van der Waals surface area contributed by atoms with Crippen molar-refractivity contribution >= 4 is 35.1 Å². The Bertz CT molecular complexity index is 1220. The molecule has 0 fully saturated rings. The molecule has 3 aromatic rings. The van der Waals surface area contributed by atoms with Crippen molar-refractivity contribution in [2.45, 2.75) is 32.5 Å². The van der Waals surface area contributed by atoms with Crippen molar-refractivity contribution in [2.24, 2.45) is 0 Å².